The van der Waals surface area contributed by atoms with Crippen LogP contribution in [0.4, 0.5) is 10.1 Å². The normalized spacial score (nSPS) is 10.3. The summed E-state index contributed by atoms with van der Waals surface area (Å²) in [6.07, 6.45) is 0. The monoisotopic (exact) mass is 362 g/mol. The number of rotatable bonds is 2. The molecule has 0 saturated heterocycles. The zero-order chi connectivity index (χ0) is 14.0. The molecule has 1 N–H and O–H groups in total. The Hall–Kier alpha value is -1.17. The Morgan fingerprint density at radius 2 is 2.00 bits per heavy atom. The first-order valence-electron chi connectivity index (χ1n) is 5.06. The van der Waals surface area contributed by atoms with Gasteiger partial charge in [-0.15, -0.1) is 0 Å². The van der Waals surface area contributed by atoms with Gasteiger partial charge in [-0.2, -0.15) is 0 Å². The largest absolute Gasteiger partial charge is 0.321 e. The summed E-state index contributed by atoms with van der Waals surface area (Å²) in [5.41, 5.74) is 0.422. The van der Waals surface area contributed by atoms with Gasteiger partial charge in [0.05, 0.1) is 9.50 Å². The van der Waals surface area contributed by atoms with Gasteiger partial charge in [0.15, 0.2) is 0 Å². The number of hydrogen-bond donors (Lipinski definition) is 1. The lowest BCUT2D eigenvalue weighted by Gasteiger charge is -2.07. The van der Waals surface area contributed by atoms with Gasteiger partial charge in [0.2, 0.25) is 0 Å². The molecular formula is C12H6BrCl2FN2O. The molecule has 0 spiro atoms. The van der Waals surface area contributed by atoms with Gasteiger partial charge in [-0.3, -0.25) is 4.79 Å². The fourth-order valence-electron chi connectivity index (χ4n) is 1.34. The van der Waals surface area contributed by atoms with Crippen LogP contribution < -0.4 is 5.32 Å². The maximum Gasteiger partial charge on any atom is 0.275 e. The van der Waals surface area contributed by atoms with Gasteiger partial charge in [0.1, 0.15) is 16.7 Å². The summed E-state index contributed by atoms with van der Waals surface area (Å²) < 4.78 is 13.3. The third kappa shape index (κ3) is 3.43. The molecule has 0 aliphatic heterocycles. The van der Waals surface area contributed by atoms with E-state index in [9.17, 15) is 9.18 Å². The van der Waals surface area contributed by atoms with Gasteiger partial charge in [0.25, 0.3) is 5.91 Å². The van der Waals surface area contributed by atoms with E-state index in [1.54, 1.807) is 0 Å². The van der Waals surface area contributed by atoms with Crippen LogP contribution >= 0.6 is 39.1 Å². The molecule has 0 saturated carbocycles. The predicted molar refractivity (Wildman–Crippen MR) is 76.3 cm³/mol. The van der Waals surface area contributed by atoms with Crippen LogP contribution in [0.3, 0.4) is 0 Å². The van der Waals surface area contributed by atoms with Crippen LogP contribution in [0.15, 0.2) is 34.8 Å². The number of carbonyl (C=O) groups is 1. The summed E-state index contributed by atoms with van der Waals surface area (Å²) in [4.78, 5) is 15.8. The number of nitrogens with zero attached hydrogens (tertiary/aromatic N) is 1. The van der Waals surface area contributed by atoms with Gasteiger partial charge in [-0.1, -0.05) is 23.2 Å². The van der Waals surface area contributed by atoms with Crippen LogP contribution in [0.5, 0.6) is 0 Å². The molecule has 2 aromatic rings. The molecule has 98 valence electrons. The Morgan fingerprint density at radius 3 is 2.68 bits per heavy atom. The third-order valence-electron chi connectivity index (χ3n) is 2.20. The minimum Gasteiger partial charge on any atom is -0.321 e. The Balaban J connectivity index is 2.25. The molecule has 19 heavy (non-hydrogen) atoms. The maximum absolute atomic E-state index is 13.1. The highest BCUT2D eigenvalue weighted by atomic mass is 79.9. The van der Waals surface area contributed by atoms with E-state index in [1.165, 1.54) is 30.3 Å². The van der Waals surface area contributed by atoms with Crippen molar-refractivity contribution in [2.45, 2.75) is 0 Å². The van der Waals surface area contributed by atoms with Crippen molar-refractivity contribution in [3.8, 4) is 0 Å². The summed E-state index contributed by atoms with van der Waals surface area (Å²) in [6, 6.07) is 7.05. The number of aromatic nitrogens is 1. The molecule has 0 bridgehead atoms. The van der Waals surface area contributed by atoms with Crippen molar-refractivity contribution in [1.82, 2.24) is 4.98 Å². The standard InChI is InChI=1S/C12H6BrCl2FN2O/c13-7-5-6(1-3-9(7)16)17-12(19)11-8(14)2-4-10(15)18-11/h1-5H,(H,17,19). The highest BCUT2D eigenvalue weighted by Crippen LogP contribution is 2.22. The third-order valence-corrected chi connectivity index (χ3v) is 3.33. The number of amides is 1. The van der Waals surface area contributed by atoms with E-state index < -0.39 is 11.7 Å². The van der Waals surface area contributed by atoms with Gasteiger partial charge >= 0.3 is 0 Å². The number of anilines is 1. The molecule has 7 heteroatoms. The van der Waals surface area contributed by atoms with Gasteiger partial charge in [-0.05, 0) is 46.3 Å². The first kappa shape index (κ1) is 14.2. The number of halogens is 4. The maximum atomic E-state index is 13.1. The lowest BCUT2D eigenvalue weighted by Crippen LogP contribution is -2.14. The SMILES string of the molecule is O=C(Nc1ccc(F)c(Br)c1)c1nc(Cl)ccc1Cl. The first-order chi connectivity index (χ1) is 8.97. The van der Waals surface area contributed by atoms with Crippen molar-refractivity contribution >= 4 is 50.7 Å². The lowest BCUT2D eigenvalue weighted by molar-refractivity contribution is 0.102. The molecule has 0 radical (unpaired) electrons. The molecule has 1 aromatic heterocycles. The molecule has 0 aliphatic rings. The number of hydrogen-bond acceptors (Lipinski definition) is 2. The number of benzene rings is 1. The van der Waals surface area contributed by atoms with Crippen molar-refractivity contribution in [3.05, 3.63) is 56.5 Å². The molecule has 0 unspecified atom stereocenters. The molecule has 0 aliphatic carbocycles. The Morgan fingerprint density at radius 1 is 1.26 bits per heavy atom. The van der Waals surface area contributed by atoms with E-state index >= 15 is 0 Å². The zero-order valence-electron chi connectivity index (χ0n) is 9.25. The van der Waals surface area contributed by atoms with Crippen molar-refractivity contribution < 1.29 is 9.18 Å². The molecule has 3 nitrogen and oxygen atoms in total. The molecular weight excluding hydrogens is 358 g/mol. The van der Waals surface area contributed by atoms with Gasteiger partial charge < -0.3 is 5.32 Å². The predicted octanol–water partition coefficient (Wildman–Crippen LogP) is 4.54. The second-order valence-corrected chi connectivity index (χ2v) is 5.20. The van der Waals surface area contributed by atoms with Crippen molar-refractivity contribution in [1.29, 1.82) is 0 Å². The topological polar surface area (TPSA) is 42.0 Å². The van der Waals surface area contributed by atoms with Crippen molar-refractivity contribution in [2.24, 2.45) is 0 Å². The smallest absolute Gasteiger partial charge is 0.275 e. The molecule has 0 atom stereocenters. The number of nitrogens with one attached hydrogen (secondary N) is 1. The van der Waals surface area contributed by atoms with Crippen LogP contribution in [0.2, 0.25) is 10.2 Å². The fraction of sp³-hybridized carbons (Fsp3) is 0. The lowest BCUT2D eigenvalue weighted by atomic mass is 10.3. The van der Waals surface area contributed by atoms with E-state index in [0.717, 1.165) is 0 Å². The summed E-state index contributed by atoms with van der Waals surface area (Å²) in [5, 5.41) is 2.90. The van der Waals surface area contributed by atoms with E-state index in [-0.39, 0.29) is 20.3 Å². The molecule has 1 aromatic carbocycles. The molecule has 1 heterocycles. The first-order valence-corrected chi connectivity index (χ1v) is 6.60. The van der Waals surface area contributed by atoms with E-state index in [2.05, 4.69) is 26.2 Å². The molecule has 2 rings (SSSR count). The van der Waals surface area contributed by atoms with E-state index in [0.29, 0.717) is 5.69 Å². The number of carbonyl (C=O) groups excluding carboxylic acids is 1. The minimum atomic E-state index is -0.522. The summed E-state index contributed by atoms with van der Waals surface area (Å²) in [5.74, 6) is -0.942. The highest BCUT2D eigenvalue weighted by molar-refractivity contribution is 9.10. The Labute approximate surface area is 126 Å². The summed E-state index contributed by atoms with van der Waals surface area (Å²) >= 11 is 14.6. The minimum absolute atomic E-state index is 0.00890. The Bertz CT molecular complexity index is 652. The average molecular weight is 364 g/mol. The van der Waals surface area contributed by atoms with Crippen molar-refractivity contribution in [3.63, 3.8) is 0 Å². The zero-order valence-corrected chi connectivity index (χ0v) is 12.4. The molecule has 1 amide bonds. The summed E-state index contributed by atoms with van der Waals surface area (Å²) in [7, 11) is 0. The van der Waals surface area contributed by atoms with Crippen molar-refractivity contribution in [2.75, 3.05) is 5.32 Å². The van der Waals surface area contributed by atoms with Crippen LogP contribution in [0.1, 0.15) is 10.5 Å². The second-order valence-electron chi connectivity index (χ2n) is 3.55. The number of pyridine rings is 1. The van der Waals surface area contributed by atoms with Crippen LogP contribution in [0.25, 0.3) is 0 Å². The Kier molecular flexibility index (Phi) is 4.39. The average Bonchev–Trinajstić information content (AvgIpc) is 2.36. The van der Waals surface area contributed by atoms with Crippen LogP contribution in [-0.2, 0) is 0 Å². The highest BCUT2D eigenvalue weighted by Gasteiger charge is 2.13. The van der Waals surface area contributed by atoms with E-state index in [4.69, 9.17) is 23.2 Å². The summed E-state index contributed by atoms with van der Waals surface area (Å²) in [6.45, 7) is 0. The quantitative estimate of drug-likeness (QED) is 0.795. The van der Waals surface area contributed by atoms with Gasteiger partial charge in [-0.25, -0.2) is 9.37 Å². The fourth-order valence-corrected chi connectivity index (χ4v) is 2.06. The van der Waals surface area contributed by atoms with Crippen LogP contribution in [0, 0.1) is 5.82 Å². The molecule has 0 fully saturated rings. The van der Waals surface area contributed by atoms with Crippen LogP contribution in [-0.4, -0.2) is 10.9 Å². The second kappa shape index (κ2) is 5.86. The van der Waals surface area contributed by atoms with Gasteiger partial charge in [0, 0.05) is 5.69 Å². The van der Waals surface area contributed by atoms with E-state index in [1.807, 2.05) is 0 Å².